The third-order valence-corrected chi connectivity index (χ3v) is 4.38. The summed E-state index contributed by atoms with van der Waals surface area (Å²) in [6, 6.07) is 0. The maximum Gasteiger partial charge on any atom is 0.0926 e. The van der Waals surface area contributed by atoms with E-state index in [1.54, 1.807) is 11.3 Å². The molecule has 1 aliphatic heterocycles. The standard InChI is InChI=1S/C13H24N4S/c1-3-13-15-12(11-18-13)10-16(2)8-9-17-6-4-14-5-7-17/h11,14H,3-10H2,1-2H3. The van der Waals surface area contributed by atoms with Gasteiger partial charge in [0.15, 0.2) is 0 Å². The molecular formula is C13H24N4S. The zero-order chi connectivity index (χ0) is 12.8. The Morgan fingerprint density at radius 2 is 2.22 bits per heavy atom. The number of hydrogen-bond donors (Lipinski definition) is 1. The van der Waals surface area contributed by atoms with Gasteiger partial charge in [0, 0.05) is 51.2 Å². The molecule has 18 heavy (non-hydrogen) atoms. The highest BCUT2D eigenvalue weighted by molar-refractivity contribution is 7.09. The molecule has 2 heterocycles. The monoisotopic (exact) mass is 268 g/mol. The van der Waals surface area contributed by atoms with Crippen molar-refractivity contribution >= 4 is 11.3 Å². The first kappa shape index (κ1) is 13.9. The third-order valence-electron chi connectivity index (χ3n) is 3.34. The van der Waals surface area contributed by atoms with Gasteiger partial charge in [-0.3, -0.25) is 9.80 Å². The SMILES string of the molecule is CCc1nc(CN(C)CCN2CCNCC2)cs1. The second-order valence-corrected chi connectivity index (χ2v) is 5.86. The van der Waals surface area contributed by atoms with Gasteiger partial charge in [-0.05, 0) is 13.5 Å². The highest BCUT2D eigenvalue weighted by Crippen LogP contribution is 2.11. The van der Waals surface area contributed by atoms with Crippen LogP contribution >= 0.6 is 11.3 Å². The molecule has 0 amide bonds. The Hall–Kier alpha value is -0.490. The summed E-state index contributed by atoms with van der Waals surface area (Å²) in [6.07, 6.45) is 1.05. The van der Waals surface area contributed by atoms with E-state index in [9.17, 15) is 0 Å². The fraction of sp³-hybridized carbons (Fsp3) is 0.769. The molecule has 102 valence electrons. The second-order valence-electron chi connectivity index (χ2n) is 4.92. The van der Waals surface area contributed by atoms with Crippen LogP contribution in [0.5, 0.6) is 0 Å². The van der Waals surface area contributed by atoms with Crippen LogP contribution in [-0.2, 0) is 13.0 Å². The van der Waals surface area contributed by atoms with E-state index in [4.69, 9.17) is 0 Å². The van der Waals surface area contributed by atoms with Gasteiger partial charge in [-0.2, -0.15) is 0 Å². The maximum absolute atomic E-state index is 4.62. The lowest BCUT2D eigenvalue weighted by Crippen LogP contribution is -2.45. The van der Waals surface area contributed by atoms with Crippen LogP contribution in [-0.4, -0.2) is 61.1 Å². The molecule has 0 aliphatic carbocycles. The lowest BCUT2D eigenvalue weighted by Gasteiger charge is -2.28. The van der Waals surface area contributed by atoms with E-state index < -0.39 is 0 Å². The molecule has 0 radical (unpaired) electrons. The van der Waals surface area contributed by atoms with Crippen LogP contribution in [0.3, 0.4) is 0 Å². The molecule has 1 aromatic heterocycles. The molecule has 0 saturated carbocycles. The summed E-state index contributed by atoms with van der Waals surface area (Å²) >= 11 is 1.78. The first-order chi connectivity index (χ1) is 8.78. The summed E-state index contributed by atoms with van der Waals surface area (Å²) < 4.78 is 0. The summed E-state index contributed by atoms with van der Waals surface area (Å²) in [7, 11) is 2.19. The van der Waals surface area contributed by atoms with Gasteiger partial charge in [-0.25, -0.2) is 4.98 Å². The second kappa shape index (κ2) is 7.19. The van der Waals surface area contributed by atoms with Crippen molar-refractivity contribution in [3.8, 4) is 0 Å². The molecule has 1 fully saturated rings. The Bertz CT molecular complexity index is 347. The molecule has 1 N–H and O–H groups in total. The zero-order valence-corrected chi connectivity index (χ0v) is 12.3. The number of nitrogens with zero attached hydrogens (tertiary/aromatic N) is 3. The molecule has 2 rings (SSSR count). The topological polar surface area (TPSA) is 31.4 Å². The molecule has 0 bridgehead atoms. The summed E-state index contributed by atoms with van der Waals surface area (Å²) in [5.41, 5.74) is 1.22. The zero-order valence-electron chi connectivity index (χ0n) is 11.5. The van der Waals surface area contributed by atoms with Gasteiger partial charge in [-0.15, -0.1) is 11.3 Å². The molecule has 1 saturated heterocycles. The van der Waals surface area contributed by atoms with Gasteiger partial charge >= 0.3 is 0 Å². The van der Waals surface area contributed by atoms with E-state index in [1.807, 2.05) is 0 Å². The molecular weight excluding hydrogens is 244 g/mol. The maximum atomic E-state index is 4.62. The molecule has 4 nitrogen and oxygen atoms in total. The van der Waals surface area contributed by atoms with Crippen molar-refractivity contribution in [3.63, 3.8) is 0 Å². The lowest BCUT2D eigenvalue weighted by atomic mass is 10.3. The molecule has 5 heteroatoms. The van der Waals surface area contributed by atoms with Crippen molar-refractivity contribution in [2.45, 2.75) is 19.9 Å². The van der Waals surface area contributed by atoms with Crippen LogP contribution in [0.4, 0.5) is 0 Å². The molecule has 1 aromatic rings. The minimum atomic E-state index is 0.975. The molecule has 1 aliphatic rings. The van der Waals surface area contributed by atoms with Crippen LogP contribution in [0.1, 0.15) is 17.6 Å². The fourth-order valence-electron chi connectivity index (χ4n) is 2.19. The molecule has 0 aromatic carbocycles. The van der Waals surface area contributed by atoms with Gasteiger partial charge < -0.3 is 5.32 Å². The van der Waals surface area contributed by atoms with Crippen LogP contribution in [0.2, 0.25) is 0 Å². The number of piperazine rings is 1. The Morgan fingerprint density at radius 3 is 2.89 bits per heavy atom. The largest absolute Gasteiger partial charge is 0.314 e. The highest BCUT2D eigenvalue weighted by atomic mass is 32.1. The van der Waals surface area contributed by atoms with Crippen molar-refractivity contribution in [1.29, 1.82) is 0 Å². The van der Waals surface area contributed by atoms with Gasteiger partial charge in [-0.1, -0.05) is 6.92 Å². The number of aryl methyl sites for hydroxylation is 1. The van der Waals surface area contributed by atoms with Crippen LogP contribution in [0, 0.1) is 0 Å². The smallest absolute Gasteiger partial charge is 0.0926 e. The summed E-state index contributed by atoms with van der Waals surface area (Å²) in [4.78, 5) is 9.52. The summed E-state index contributed by atoms with van der Waals surface area (Å²) in [5, 5.41) is 6.83. The van der Waals surface area contributed by atoms with Crippen molar-refractivity contribution in [3.05, 3.63) is 16.1 Å². The van der Waals surface area contributed by atoms with E-state index in [1.165, 1.54) is 30.3 Å². The predicted octanol–water partition coefficient (Wildman–Crippen LogP) is 1.04. The Balaban J connectivity index is 1.69. The van der Waals surface area contributed by atoms with E-state index in [0.29, 0.717) is 0 Å². The van der Waals surface area contributed by atoms with Crippen molar-refractivity contribution in [2.24, 2.45) is 0 Å². The number of hydrogen-bond acceptors (Lipinski definition) is 5. The van der Waals surface area contributed by atoms with E-state index >= 15 is 0 Å². The average molecular weight is 268 g/mol. The summed E-state index contributed by atoms with van der Waals surface area (Å²) in [6.45, 7) is 10.1. The van der Waals surface area contributed by atoms with E-state index in [0.717, 1.165) is 32.6 Å². The van der Waals surface area contributed by atoms with E-state index in [-0.39, 0.29) is 0 Å². The Morgan fingerprint density at radius 1 is 1.44 bits per heavy atom. The molecule has 0 unspecified atom stereocenters. The average Bonchev–Trinajstić information content (AvgIpc) is 2.85. The quantitative estimate of drug-likeness (QED) is 0.835. The number of rotatable bonds is 6. The molecule has 0 atom stereocenters. The van der Waals surface area contributed by atoms with Gasteiger partial charge in [0.2, 0.25) is 0 Å². The van der Waals surface area contributed by atoms with E-state index in [2.05, 4.69) is 39.5 Å². The highest BCUT2D eigenvalue weighted by Gasteiger charge is 2.10. The minimum absolute atomic E-state index is 0.975. The Kier molecular flexibility index (Phi) is 5.56. The van der Waals surface area contributed by atoms with Crippen LogP contribution in [0.25, 0.3) is 0 Å². The number of thiazole rings is 1. The van der Waals surface area contributed by atoms with Gasteiger partial charge in [0.05, 0.1) is 10.7 Å². The number of likely N-dealkylation sites (N-methyl/N-ethyl adjacent to an activating group) is 1. The van der Waals surface area contributed by atoms with Crippen molar-refractivity contribution < 1.29 is 0 Å². The molecule has 0 spiro atoms. The summed E-state index contributed by atoms with van der Waals surface area (Å²) in [5.74, 6) is 0. The number of nitrogens with one attached hydrogen (secondary N) is 1. The Labute approximate surface area is 114 Å². The number of aromatic nitrogens is 1. The minimum Gasteiger partial charge on any atom is -0.314 e. The van der Waals surface area contributed by atoms with Crippen molar-refractivity contribution in [1.82, 2.24) is 20.1 Å². The first-order valence-corrected chi connectivity index (χ1v) is 7.71. The predicted molar refractivity (Wildman–Crippen MR) is 77.1 cm³/mol. The first-order valence-electron chi connectivity index (χ1n) is 6.83. The van der Waals surface area contributed by atoms with Crippen molar-refractivity contribution in [2.75, 3.05) is 46.3 Å². The third kappa shape index (κ3) is 4.31. The van der Waals surface area contributed by atoms with Gasteiger partial charge in [0.1, 0.15) is 0 Å². The van der Waals surface area contributed by atoms with Gasteiger partial charge in [0.25, 0.3) is 0 Å². The van der Waals surface area contributed by atoms with Crippen LogP contribution in [0.15, 0.2) is 5.38 Å². The normalized spacial score (nSPS) is 17.5. The lowest BCUT2D eigenvalue weighted by molar-refractivity contribution is 0.201. The fourth-order valence-corrected chi connectivity index (χ4v) is 2.92. The van der Waals surface area contributed by atoms with Crippen LogP contribution < -0.4 is 5.32 Å².